The van der Waals surface area contributed by atoms with Crippen LogP contribution in [0.15, 0.2) is 42.7 Å². The topological polar surface area (TPSA) is 82.4 Å². The van der Waals surface area contributed by atoms with E-state index in [1.165, 1.54) is 0 Å². The van der Waals surface area contributed by atoms with E-state index in [9.17, 15) is 0 Å². The lowest BCUT2D eigenvalue weighted by molar-refractivity contribution is 0.184. The molecule has 0 aliphatic rings. The van der Waals surface area contributed by atoms with Crippen molar-refractivity contribution < 1.29 is 10.2 Å². The van der Waals surface area contributed by atoms with Crippen LogP contribution in [0.3, 0.4) is 0 Å². The van der Waals surface area contributed by atoms with Crippen LogP contribution in [0.25, 0.3) is 11.4 Å². The van der Waals surface area contributed by atoms with Gasteiger partial charge in [-0.1, -0.05) is 30.3 Å². The first kappa shape index (κ1) is 16.2. The Morgan fingerprint density at radius 2 is 1.65 bits per heavy atom. The van der Waals surface area contributed by atoms with Gasteiger partial charge >= 0.3 is 0 Å². The Kier molecular flexibility index (Phi) is 8.05. The summed E-state index contributed by atoms with van der Waals surface area (Å²) in [7, 11) is 1.85. The van der Waals surface area contributed by atoms with Crippen LogP contribution in [0.5, 0.6) is 0 Å². The van der Waals surface area contributed by atoms with Crippen molar-refractivity contribution in [3.63, 3.8) is 0 Å². The van der Waals surface area contributed by atoms with Gasteiger partial charge in [-0.3, -0.25) is 0 Å². The van der Waals surface area contributed by atoms with Gasteiger partial charge in [0.1, 0.15) is 0 Å². The van der Waals surface area contributed by atoms with Gasteiger partial charge in [-0.25, -0.2) is 4.98 Å². The van der Waals surface area contributed by atoms with E-state index in [0.29, 0.717) is 18.9 Å². The Hall–Kier alpha value is -1.89. The van der Waals surface area contributed by atoms with Crippen molar-refractivity contribution in [3.05, 3.63) is 42.7 Å². The van der Waals surface area contributed by atoms with Crippen molar-refractivity contribution in [1.82, 2.24) is 20.1 Å². The van der Waals surface area contributed by atoms with Gasteiger partial charge in [0.25, 0.3) is 0 Å². The molecule has 0 bridgehead atoms. The largest absolute Gasteiger partial charge is 0.395 e. The summed E-state index contributed by atoms with van der Waals surface area (Å²) in [6.45, 7) is 1.61. The number of aromatic nitrogens is 3. The van der Waals surface area contributed by atoms with Gasteiger partial charge in [-0.2, -0.15) is 5.10 Å². The predicted octanol–water partition coefficient (Wildman–Crippen LogP) is 0.441. The third-order valence-electron chi connectivity index (χ3n) is 2.48. The minimum atomic E-state index is 0.163. The minimum Gasteiger partial charge on any atom is -0.395 e. The molecule has 0 saturated carbocycles. The molecule has 2 rings (SSSR count). The zero-order valence-electron chi connectivity index (χ0n) is 11.6. The fraction of sp³-hybridized carbons (Fsp3) is 0.357. The second kappa shape index (κ2) is 9.96. The number of benzene rings is 1. The number of aliphatic hydroxyl groups is 2. The monoisotopic (exact) mass is 276 g/mol. The predicted molar refractivity (Wildman–Crippen MR) is 76.9 cm³/mol. The van der Waals surface area contributed by atoms with Crippen LogP contribution in [0.2, 0.25) is 0 Å². The number of rotatable bonds is 5. The zero-order chi connectivity index (χ0) is 14.6. The fourth-order valence-electron chi connectivity index (χ4n) is 1.42. The lowest BCUT2D eigenvalue weighted by Crippen LogP contribution is -2.25. The summed E-state index contributed by atoms with van der Waals surface area (Å²) in [5, 5.41) is 24.3. The summed E-state index contributed by atoms with van der Waals surface area (Å²) >= 11 is 0. The molecule has 20 heavy (non-hydrogen) atoms. The van der Waals surface area contributed by atoms with Gasteiger partial charge in [0.2, 0.25) is 0 Å². The molecule has 0 unspecified atom stereocenters. The highest BCUT2D eigenvalue weighted by Gasteiger charge is 1.96. The first-order valence-corrected chi connectivity index (χ1v) is 6.37. The molecule has 2 N–H and O–H groups in total. The second-order valence-electron chi connectivity index (χ2n) is 4.08. The molecular formula is C14H20N4O2. The average Bonchev–Trinajstić information content (AvgIpc) is 2.50. The molecule has 0 saturated heterocycles. The molecule has 1 aromatic carbocycles. The average molecular weight is 276 g/mol. The van der Waals surface area contributed by atoms with Crippen molar-refractivity contribution in [1.29, 1.82) is 0 Å². The second-order valence-corrected chi connectivity index (χ2v) is 4.08. The lowest BCUT2D eigenvalue weighted by Gasteiger charge is -2.11. The third-order valence-corrected chi connectivity index (χ3v) is 2.48. The molecule has 6 heteroatoms. The van der Waals surface area contributed by atoms with Gasteiger partial charge in [-0.05, 0) is 7.05 Å². The number of nitrogens with zero attached hydrogens (tertiary/aromatic N) is 4. The highest BCUT2D eigenvalue weighted by molar-refractivity contribution is 5.53. The van der Waals surface area contributed by atoms with Crippen molar-refractivity contribution in [2.45, 2.75) is 0 Å². The summed E-state index contributed by atoms with van der Waals surface area (Å²) < 4.78 is 0. The molecule has 2 aromatic rings. The molecule has 0 aliphatic heterocycles. The first-order valence-electron chi connectivity index (χ1n) is 6.37. The molecular weight excluding hydrogens is 256 g/mol. The van der Waals surface area contributed by atoms with Crippen LogP contribution in [-0.2, 0) is 0 Å². The Bertz CT molecular complexity index is 410. The third kappa shape index (κ3) is 6.33. The van der Waals surface area contributed by atoms with E-state index >= 15 is 0 Å². The van der Waals surface area contributed by atoms with Gasteiger partial charge in [0.15, 0.2) is 5.82 Å². The highest BCUT2D eigenvalue weighted by atomic mass is 16.3. The zero-order valence-corrected chi connectivity index (χ0v) is 11.6. The molecule has 0 amide bonds. The highest BCUT2D eigenvalue weighted by Crippen LogP contribution is 2.10. The van der Waals surface area contributed by atoms with E-state index < -0.39 is 0 Å². The van der Waals surface area contributed by atoms with E-state index in [0.717, 1.165) is 5.56 Å². The Morgan fingerprint density at radius 3 is 2.15 bits per heavy atom. The van der Waals surface area contributed by atoms with Crippen molar-refractivity contribution in [3.8, 4) is 11.4 Å². The molecule has 0 spiro atoms. The molecule has 0 atom stereocenters. The van der Waals surface area contributed by atoms with E-state index in [2.05, 4.69) is 15.2 Å². The number of likely N-dealkylation sites (N-methyl/N-ethyl adjacent to an activating group) is 1. The van der Waals surface area contributed by atoms with E-state index in [1.54, 1.807) is 12.4 Å². The van der Waals surface area contributed by atoms with Crippen LogP contribution < -0.4 is 0 Å². The Morgan fingerprint density at radius 1 is 1.00 bits per heavy atom. The summed E-state index contributed by atoms with van der Waals surface area (Å²) in [5.41, 5.74) is 0.991. The Labute approximate surface area is 118 Å². The van der Waals surface area contributed by atoms with Crippen molar-refractivity contribution in [2.24, 2.45) is 0 Å². The van der Waals surface area contributed by atoms with E-state index in [4.69, 9.17) is 10.2 Å². The molecule has 0 fully saturated rings. The fourth-order valence-corrected chi connectivity index (χ4v) is 1.42. The number of aliphatic hydroxyl groups excluding tert-OH is 2. The van der Waals surface area contributed by atoms with Gasteiger partial charge in [-0.15, -0.1) is 5.10 Å². The number of hydrogen-bond donors (Lipinski definition) is 2. The summed E-state index contributed by atoms with van der Waals surface area (Å²) in [5.74, 6) is 0.665. The number of hydrogen-bond acceptors (Lipinski definition) is 6. The van der Waals surface area contributed by atoms with Crippen LogP contribution >= 0.6 is 0 Å². The lowest BCUT2D eigenvalue weighted by atomic mass is 10.2. The first-order chi connectivity index (χ1) is 9.77. The van der Waals surface area contributed by atoms with E-state index in [1.807, 2.05) is 42.3 Å². The minimum absolute atomic E-state index is 0.163. The standard InChI is InChI=1S/C9H7N3.C5H13NO2/c1-2-4-8(5-3-1)9-10-6-7-11-12-9;1-6(2-4-7)3-5-8/h1-7H;7-8H,2-5H2,1H3. The SMILES string of the molecule is CN(CCO)CCO.c1ccc(-c2nccnn2)cc1. The smallest absolute Gasteiger partial charge is 0.181 e. The van der Waals surface area contributed by atoms with Crippen LogP contribution in [0.4, 0.5) is 0 Å². The maximum absolute atomic E-state index is 8.34. The van der Waals surface area contributed by atoms with Crippen LogP contribution in [0, 0.1) is 0 Å². The summed E-state index contributed by atoms with van der Waals surface area (Å²) in [6, 6.07) is 9.77. The Balaban J connectivity index is 0.000000221. The van der Waals surface area contributed by atoms with Crippen LogP contribution in [0.1, 0.15) is 0 Å². The maximum Gasteiger partial charge on any atom is 0.181 e. The van der Waals surface area contributed by atoms with E-state index in [-0.39, 0.29) is 13.2 Å². The molecule has 1 heterocycles. The molecule has 0 radical (unpaired) electrons. The van der Waals surface area contributed by atoms with Crippen molar-refractivity contribution >= 4 is 0 Å². The summed E-state index contributed by atoms with van der Waals surface area (Å²) in [4.78, 5) is 5.94. The van der Waals surface area contributed by atoms with Crippen LogP contribution in [-0.4, -0.2) is 63.6 Å². The van der Waals surface area contributed by atoms with Gasteiger partial charge in [0.05, 0.1) is 19.4 Å². The molecule has 108 valence electrons. The molecule has 0 aliphatic carbocycles. The van der Waals surface area contributed by atoms with Gasteiger partial charge in [0, 0.05) is 24.8 Å². The normalized spacial score (nSPS) is 10.0. The maximum atomic E-state index is 8.34. The summed E-state index contributed by atoms with van der Waals surface area (Å²) in [6.07, 6.45) is 3.20. The quantitative estimate of drug-likeness (QED) is 0.824. The molecule has 1 aromatic heterocycles. The van der Waals surface area contributed by atoms with Gasteiger partial charge < -0.3 is 15.1 Å². The van der Waals surface area contributed by atoms with Crippen molar-refractivity contribution in [2.75, 3.05) is 33.4 Å². The molecule has 6 nitrogen and oxygen atoms in total.